The Bertz CT molecular complexity index is 629. The minimum atomic E-state index is -3.64. The summed E-state index contributed by atoms with van der Waals surface area (Å²) in [5.41, 5.74) is 0.658. The highest BCUT2D eigenvalue weighted by atomic mass is 79.9. The topological polar surface area (TPSA) is 74.7 Å². The lowest BCUT2D eigenvalue weighted by Crippen LogP contribution is -2.42. The van der Waals surface area contributed by atoms with Crippen molar-refractivity contribution in [2.75, 3.05) is 13.1 Å². The first-order valence-corrected chi connectivity index (χ1v) is 8.55. The smallest absolute Gasteiger partial charge is 0.307 e. The molecule has 1 fully saturated rings. The number of rotatable bonds is 3. The Labute approximate surface area is 126 Å². The Hall–Kier alpha value is -0.920. The zero-order valence-corrected chi connectivity index (χ0v) is 13.4. The maximum absolute atomic E-state index is 12.6. The minimum absolute atomic E-state index is 0.0453. The highest BCUT2D eigenvalue weighted by Gasteiger charge is 2.33. The summed E-state index contributed by atoms with van der Waals surface area (Å²) in [4.78, 5) is 11.3. The molecule has 0 amide bonds. The summed E-state index contributed by atoms with van der Waals surface area (Å²) in [6.45, 7) is 2.15. The molecule has 1 heterocycles. The van der Waals surface area contributed by atoms with Crippen LogP contribution in [-0.2, 0) is 14.8 Å². The molecule has 0 spiro atoms. The van der Waals surface area contributed by atoms with Crippen molar-refractivity contribution >= 4 is 31.9 Å². The highest BCUT2D eigenvalue weighted by molar-refractivity contribution is 9.10. The molecule has 0 unspecified atom stereocenters. The number of hydrogen-bond acceptors (Lipinski definition) is 3. The van der Waals surface area contributed by atoms with Crippen molar-refractivity contribution in [3.8, 4) is 0 Å². The van der Waals surface area contributed by atoms with Crippen molar-refractivity contribution in [3.63, 3.8) is 0 Å². The first-order chi connectivity index (χ1) is 9.32. The van der Waals surface area contributed by atoms with Crippen LogP contribution < -0.4 is 0 Å². The summed E-state index contributed by atoms with van der Waals surface area (Å²) < 4.78 is 27.3. The number of halogens is 1. The first-order valence-electron chi connectivity index (χ1n) is 6.31. The normalized spacial score (nSPS) is 20.8. The molecule has 1 saturated heterocycles. The second-order valence-corrected chi connectivity index (χ2v) is 7.77. The third-order valence-corrected chi connectivity index (χ3v) is 6.00. The van der Waals surface area contributed by atoms with E-state index in [1.165, 1.54) is 4.31 Å². The summed E-state index contributed by atoms with van der Waals surface area (Å²) in [7, 11) is -3.64. The van der Waals surface area contributed by atoms with Gasteiger partial charge in [0.1, 0.15) is 0 Å². The second kappa shape index (κ2) is 5.83. The van der Waals surface area contributed by atoms with Gasteiger partial charge in [0.25, 0.3) is 0 Å². The molecule has 1 aromatic carbocycles. The van der Waals surface area contributed by atoms with E-state index in [9.17, 15) is 13.2 Å². The van der Waals surface area contributed by atoms with E-state index in [-0.39, 0.29) is 11.4 Å². The summed E-state index contributed by atoms with van der Waals surface area (Å²) in [5, 5.41) is 9.06. The number of hydrogen-bond donors (Lipinski definition) is 1. The van der Waals surface area contributed by atoms with Gasteiger partial charge in [-0.05, 0) is 37.5 Å². The fourth-order valence-electron chi connectivity index (χ4n) is 2.35. The summed E-state index contributed by atoms with van der Waals surface area (Å²) in [5.74, 6) is -1.55. The van der Waals surface area contributed by atoms with E-state index in [1.807, 2.05) is 0 Å². The van der Waals surface area contributed by atoms with Crippen molar-refractivity contribution in [1.82, 2.24) is 4.31 Å². The number of sulfonamides is 1. The van der Waals surface area contributed by atoms with Gasteiger partial charge in [-0.25, -0.2) is 8.42 Å². The molecule has 7 heteroatoms. The van der Waals surface area contributed by atoms with Crippen LogP contribution in [0.1, 0.15) is 18.4 Å². The van der Waals surface area contributed by atoms with Crippen molar-refractivity contribution < 1.29 is 18.3 Å². The number of piperidine rings is 1. The minimum Gasteiger partial charge on any atom is -0.481 e. The molecule has 1 aliphatic rings. The van der Waals surface area contributed by atoms with Crippen LogP contribution in [0.5, 0.6) is 0 Å². The number of carbonyl (C=O) groups is 1. The lowest BCUT2D eigenvalue weighted by atomic mass is 10.0. The van der Waals surface area contributed by atoms with Crippen LogP contribution >= 0.6 is 15.9 Å². The van der Waals surface area contributed by atoms with Crippen LogP contribution in [0.4, 0.5) is 0 Å². The van der Waals surface area contributed by atoms with Crippen LogP contribution in [0, 0.1) is 12.8 Å². The van der Waals surface area contributed by atoms with Gasteiger partial charge in [-0.1, -0.05) is 22.0 Å². The lowest BCUT2D eigenvalue weighted by molar-refractivity contribution is -0.142. The molecule has 110 valence electrons. The molecule has 0 saturated carbocycles. The standard InChI is InChI=1S/C13H16BrNO4S/c1-9-4-5-11(14)7-12(9)20(18,19)15-6-2-3-10(8-15)13(16)17/h4-5,7,10H,2-3,6,8H2,1H3,(H,16,17)/t10-/m1/s1. The van der Waals surface area contributed by atoms with Gasteiger partial charge in [-0.15, -0.1) is 0 Å². The van der Waals surface area contributed by atoms with E-state index >= 15 is 0 Å². The molecule has 2 rings (SSSR count). The quantitative estimate of drug-likeness (QED) is 0.895. The number of aliphatic carboxylic acids is 1. The van der Waals surface area contributed by atoms with Crippen LogP contribution in [-0.4, -0.2) is 36.9 Å². The van der Waals surface area contributed by atoms with Gasteiger partial charge in [0, 0.05) is 17.6 Å². The third kappa shape index (κ3) is 3.05. The second-order valence-electron chi connectivity index (χ2n) is 4.95. The van der Waals surface area contributed by atoms with E-state index in [0.717, 1.165) is 0 Å². The van der Waals surface area contributed by atoms with Gasteiger partial charge < -0.3 is 5.11 Å². The fraction of sp³-hybridized carbons (Fsp3) is 0.462. The molecule has 1 atom stereocenters. The fourth-order valence-corrected chi connectivity index (χ4v) is 4.64. The molecule has 20 heavy (non-hydrogen) atoms. The predicted octanol–water partition coefficient (Wildman–Crippen LogP) is 2.24. The number of benzene rings is 1. The molecule has 0 aliphatic carbocycles. The molecule has 1 aromatic rings. The van der Waals surface area contributed by atoms with Crippen molar-refractivity contribution in [2.45, 2.75) is 24.7 Å². The number of aryl methyl sites for hydroxylation is 1. The predicted molar refractivity (Wildman–Crippen MR) is 78.0 cm³/mol. The Kier molecular flexibility index (Phi) is 4.51. The van der Waals surface area contributed by atoms with Crippen molar-refractivity contribution in [2.24, 2.45) is 5.92 Å². The van der Waals surface area contributed by atoms with Gasteiger partial charge >= 0.3 is 5.97 Å². The lowest BCUT2D eigenvalue weighted by Gasteiger charge is -2.30. The molecule has 1 aliphatic heterocycles. The number of carboxylic acids is 1. The zero-order chi connectivity index (χ0) is 14.9. The van der Waals surface area contributed by atoms with E-state index in [4.69, 9.17) is 5.11 Å². The molecule has 0 radical (unpaired) electrons. The van der Waals surface area contributed by atoms with E-state index in [0.29, 0.717) is 29.4 Å². The molecular formula is C13H16BrNO4S. The summed E-state index contributed by atoms with van der Waals surface area (Å²) in [6, 6.07) is 5.08. The monoisotopic (exact) mass is 361 g/mol. The molecular weight excluding hydrogens is 346 g/mol. The van der Waals surface area contributed by atoms with E-state index < -0.39 is 21.9 Å². The molecule has 0 bridgehead atoms. The Morgan fingerprint density at radius 3 is 2.80 bits per heavy atom. The third-order valence-electron chi connectivity index (χ3n) is 3.50. The maximum atomic E-state index is 12.6. The average Bonchev–Trinajstić information content (AvgIpc) is 2.41. The van der Waals surface area contributed by atoms with E-state index in [1.54, 1.807) is 25.1 Å². The zero-order valence-electron chi connectivity index (χ0n) is 11.0. The van der Waals surface area contributed by atoms with Gasteiger partial charge in [0.15, 0.2) is 0 Å². The van der Waals surface area contributed by atoms with Crippen LogP contribution in [0.2, 0.25) is 0 Å². The van der Waals surface area contributed by atoms with E-state index in [2.05, 4.69) is 15.9 Å². The molecule has 1 N–H and O–H groups in total. The van der Waals surface area contributed by atoms with Gasteiger partial charge in [-0.2, -0.15) is 4.31 Å². The summed E-state index contributed by atoms with van der Waals surface area (Å²) in [6.07, 6.45) is 1.10. The Balaban J connectivity index is 2.35. The van der Waals surface area contributed by atoms with Gasteiger partial charge in [-0.3, -0.25) is 4.79 Å². The van der Waals surface area contributed by atoms with Gasteiger partial charge in [0.2, 0.25) is 10.0 Å². The number of carboxylic acid groups (broad SMARTS) is 1. The molecule has 5 nitrogen and oxygen atoms in total. The Morgan fingerprint density at radius 1 is 1.45 bits per heavy atom. The first kappa shape index (κ1) is 15.5. The Morgan fingerprint density at radius 2 is 2.15 bits per heavy atom. The number of nitrogens with zero attached hydrogens (tertiary/aromatic N) is 1. The van der Waals surface area contributed by atoms with Crippen LogP contribution in [0.25, 0.3) is 0 Å². The highest BCUT2D eigenvalue weighted by Crippen LogP contribution is 2.27. The van der Waals surface area contributed by atoms with Gasteiger partial charge in [0.05, 0.1) is 10.8 Å². The summed E-state index contributed by atoms with van der Waals surface area (Å²) >= 11 is 3.27. The largest absolute Gasteiger partial charge is 0.481 e. The average molecular weight is 362 g/mol. The van der Waals surface area contributed by atoms with Crippen LogP contribution in [0.3, 0.4) is 0 Å². The maximum Gasteiger partial charge on any atom is 0.307 e. The van der Waals surface area contributed by atoms with Crippen LogP contribution in [0.15, 0.2) is 27.6 Å². The van der Waals surface area contributed by atoms with Crippen molar-refractivity contribution in [3.05, 3.63) is 28.2 Å². The van der Waals surface area contributed by atoms with Crippen molar-refractivity contribution in [1.29, 1.82) is 0 Å². The SMILES string of the molecule is Cc1ccc(Br)cc1S(=O)(=O)N1CCC[C@@H](C(=O)O)C1. The molecule has 0 aromatic heterocycles.